The lowest BCUT2D eigenvalue weighted by Gasteiger charge is -2.25. The summed E-state index contributed by atoms with van der Waals surface area (Å²) in [7, 11) is -4.14. The van der Waals surface area contributed by atoms with E-state index in [1.807, 2.05) is 0 Å². The van der Waals surface area contributed by atoms with Crippen molar-refractivity contribution in [1.82, 2.24) is 14.5 Å². The van der Waals surface area contributed by atoms with Gasteiger partial charge in [0.2, 0.25) is 5.82 Å². The van der Waals surface area contributed by atoms with Gasteiger partial charge in [-0.25, -0.2) is 18.9 Å². The lowest BCUT2D eigenvalue weighted by atomic mass is 10.4. The molecule has 0 spiro atoms. The van der Waals surface area contributed by atoms with Gasteiger partial charge in [0.15, 0.2) is 0 Å². The molecule has 2 N–H and O–H groups in total. The minimum Gasteiger partial charge on any atom is -0.379 e. The second-order valence-electron chi connectivity index (χ2n) is 4.65. The van der Waals surface area contributed by atoms with Gasteiger partial charge in [0, 0.05) is 19.6 Å². The molecule has 124 valence electrons. The maximum absolute atomic E-state index is 11.0. The summed E-state index contributed by atoms with van der Waals surface area (Å²) >= 11 is 0. The van der Waals surface area contributed by atoms with E-state index in [4.69, 9.17) is 9.88 Å². The smallest absolute Gasteiger partial charge is 0.342 e. The van der Waals surface area contributed by atoms with Gasteiger partial charge in [-0.05, 0) is 4.92 Å². The molecule has 0 radical (unpaired) electrons. The van der Waals surface area contributed by atoms with E-state index >= 15 is 0 Å². The maximum atomic E-state index is 11.0. The van der Waals surface area contributed by atoms with Gasteiger partial charge in [-0.15, -0.1) is 0 Å². The van der Waals surface area contributed by atoms with Gasteiger partial charge >= 0.3 is 16.1 Å². The number of aromatic nitrogens is 2. The van der Waals surface area contributed by atoms with Crippen LogP contribution in [0.25, 0.3) is 0 Å². The Morgan fingerprint density at radius 1 is 1.41 bits per heavy atom. The summed E-state index contributed by atoms with van der Waals surface area (Å²) in [6.07, 6.45) is 1.07. The number of ether oxygens (including phenoxy) is 1. The SMILES string of the molecule is NS(=O)(=O)OCc1ncc([N+](=O)[O-])n1CCN1CCOCC1. The van der Waals surface area contributed by atoms with E-state index in [1.54, 1.807) is 0 Å². The molecule has 1 saturated heterocycles. The highest BCUT2D eigenvalue weighted by atomic mass is 32.2. The molecule has 0 saturated carbocycles. The molecule has 1 aliphatic heterocycles. The Kier molecular flexibility index (Phi) is 5.42. The van der Waals surface area contributed by atoms with E-state index in [0.717, 1.165) is 19.3 Å². The number of nitrogens with zero attached hydrogens (tertiary/aromatic N) is 4. The van der Waals surface area contributed by atoms with Crippen LogP contribution in [-0.2, 0) is 32.4 Å². The zero-order valence-electron chi connectivity index (χ0n) is 11.8. The van der Waals surface area contributed by atoms with Crippen molar-refractivity contribution in [2.24, 2.45) is 5.14 Å². The number of imidazole rings is 1. The normalized spacial score (nSPS) is 16.8. The monoisotopic (exact) mass is 335 g/mol. The first kappa shape index (κ1) is 16.8. The second-order valence-corrected chi connectivity index (χ2v) is 5.87. The molecule has 12 heteroatoms. The van der Waals surface area contributed by atoms with Crippen molar-refractivity contribution in [1.29, 1.82) is 0 Å². The Bertz CT molecular complexity index is 624. The summed E-state index contributed by atoms with van der Waals surface area (Å²) in [5.41, 5.74) is 0. The maximum Gasteiger partial charge on any atom is 0.342 e. The average molecular weight is 335 g/mol. The summed E-state index contributed by atoms with van der Waals surface area (Å²) in [5.74, 6) is -0.0877. The van der Waals surface area contributed by atoms with Crippen LogP contribution in [0.4, 0.5) is 5.82 Å². The Balaban J connectivity index is 2.08. The van der Waals surface area contributed by atoms with Crippen molar-refractivity contribution >= 4 is 16.1 Å². The molecule has 11 nitrogen and oxygen atoms in total. The summed E-state index contributed by atoms with van der Waals surface area (Å²) in [6.45, 7) is 3.12. The second kappa shape index (κ2) is 7.11. The topological polar surface area (TPSA) is 143 Å². The molecule has 1 aromatic heterocycles. The van der Waals surface area contributed by atoms with E-state index in [1.165, 1.54) is 4.57 Å². The van der Waals surface area contributed by atoms with Crippen molar-refractivity contribution in [3.63, 3.8) is 0 Å². The van der Waals surface area contributed by atoms with Crippen molar-refractivity contribution in [2.75, 3.05) is 32.8 Å². The molecule has 0 unspecified atom stereocenters. The highest BCUT2D eigenvalue weighted by Crippen LogP contribution is 2.15. The van der Waals surface area contributed by atoms with Crippen molar-refractivity contribution in [2.45, 2.75) is 13.2 Å². The fourth-order valence-corrected chi connectivity index (χ4v) is 2.38. The summed E-state index contributed by atoms with van der Waals surface area (Å²) in [5, 5.41) is 15.8. The van der Waals surface area contributed by atoms with Crippen LogP contribution >= 0.6 is 0 Å². The highest BCUT2D eigenvalue weighted by molar-refractivity contribution is 7.84. The molecular formula is C10H17N5O6S. The Labute approximate surface area is 127 Å². The fraction of sp³-hybridized carbons (Fsp3) is 0.700. The van der Waals surface area contributed by atoms with Gasteiger partial charge in [-0.2, -0.15) is 8.42 Å². The minimum atomic E-state index is -4.14. The lowest BCUT2D eigenvalue weighted by molar-refractivity contribution is -0.392. The first-order valence-corrected chi connectivity index (χ1v) is 8.00. The molecule has 0 atom stereocenters. The number of hydrogen-bond acceptors (Lipinski definition) is 8. The predicted octanol–water partition coefficient (Wildman–Crippen LogP) is -1.16. The van der Waals surface area contributed by atoms with Gasteiger partial charge in [-0.3, -0.25) is 4.90 Å². The molecule has 2 heterocycles. The summed E-state index contributed by atoms with van der Waals surface area (Å²) in [4.78, 5) is 16.4. The molecule has 0 amide bonds. The first-order chi connectivity index (χ1) is 10.4. The highest BCUT2D eigenvalue weighted by Gasteiger charge is 2.22. The van der Waals surface area contributed by atoms with Crippen molar-refractivity contribution in [3.05, 3.63) is 22.1 Å². The van der Waals surface area contributed by atoms with Crippen LogP contribution in [0.1, 0.15) is 5.82 Å². The Morgan fingerprint density at radius 2 is 2.09 bits per heavy atom. The first-order valence-electron chi connectivity index (χ1n) is 6.53. The molecule has 0 aromatic carbocycles. The molecule has 0 aliphatic carbocycles. The van der Waals surface area contributed by atoms with E-state index in [-0.39, 0.29) is 11.6 Å². The zero-order chi connectivity index (χ0) is 16.2. The lowest BCUT2D eigenvalue weighted by Crippen LogP contribution is -2.38. The third kappa shape index (κ3) is 4.71. The number of morpholine rings is 1. The summed E-state index contributed by atoms with van der Waals surface area (Å²) < 4.78 is 32.6. The van der Waals surface area contributed by atoms with Crippen LogP contribution in [0, 0.1) is 10.1 Å². The number of nitro groups is 1. The van der Waals surface area contributed by atoms with E-state index in [9.17, 15) is 18.5 Å². The largest absolute Gasteiger partial charge is 0.379 e. The van der Waals surface area contributed by atoms with Gasteiger partial charge in [0.1, 0.15) is 19.3 Å². The standard InChI is InChI=1S/C10H17N5O6S/c11-22(18,19)21-8-9-12-7-10(15(16)17)14(9)2-1-13-3-5-20-6-4-13/h7H,1-6,8H2,(H2,11,18,19). The molecule has 2 rings (SSSR count). The van der Waals surface area contributed by atoms with Crippen molar-refractivity contribution in [3.8, 4) is 0 Å². The number of hydrogen-bond donors (Lipinski definition) is 1. The average Bonchev–Trinajstić information content (AvgIpc) is 2.86. The molecule has 22 heavy (non-hydrogen) atoms. The summed E-state index contributed by atoms with van der Waals surface area (Å²) in [6, 6.07) is 0. The molecular weight excluding hydrogens is 318 g/mol. The molecule has 1 aromatic rings. The molecule has 0 bridgehead atoms. The van der Waals surface area contributed by atoms with Gasteiger partial charge in [0.25, 0.3) is 0 Å². The van der Waals surface area contributed by atoms with Gasteiger partial charge in [0.05, 0.1) is 13.2 Å². The minimum absolute atomic E-state index is 0.133. The third-order valence-electron chi connectivity index (χ3n) is 3.20. The van der Waals surface area contributed by atoms with E-state index in [2.05, 4.69) is 14.1 Å². The van der Waals surface area contributed by atoms with Crippen LogP contribution in [0.5, 0.6) is 0 Å². The molecule has 1 aliphatic rings. The van der Waals surface area contributed by atoms with E-state index < -0.39 is 21.8 Å². The van der Waals surface area contributed by atoms with Gasteiger partial charge < -0.3 is 14.9 Å². The number of nitrogens with two attached hydrogens (primary N) is 1. The molecule has 1 fully saturated rings. The quantitative estimate of drug-likeness (QED) is 0.485. The Hall–Kier alpha value is -1.60. The van der Waals surface area contributed by atoms with Crippen LogP contribution in [0.15, 0.2) is 6.20 Å². The fourth-order valence-electron chi connectivity index (χ4n) is 2.11. The predicted molar refractivity (Wildman–Crippen MR) is 74.0 cm³/mol. The van der Waals surface area contributed by atoms with Crippen LogP contribution < -0.4 is 5.14 Å². The van der Waals surface area contributed by atoms with Crippen molar-refractivity contribution < 1.29 is 22.3 Å². The van der Waals surface area contributed by atoms with Crippen LogP contribution in [0.2, 0.25) is 0 Å². The zero-order valence-corrected chi connectivity index (χ0v) is 12.6. The van der Waals surface area contributed by atoms with Crippen LogP contribution in [-0.4, -0.2) is 60.6 Å². The number of rotatable bonds is 7. The Morgan fingerprint density at radius 3 is 2.68 bits per heavy atom. The van der Waals surface area contributed by atoms with E-state index in [0.29, 0.717) is 26.3 Å². The van der Waals surface area contributed by atoms with Gasteiger partial charge in [-0.1, -0.05) is 0 Å². The third-order valence-corrected chi connectivity index (χ3v) is 3.65. The van der Waals surface area contributed by atoms with Crippen LogP contribution in [0.3, 0.4) is 0 Å².